The van der Waals surface area contributed by atoms with Gasteiger partial charge in [-0.2, -0.15) is 0 Å². The molecule has 3 N–H and O–H groups in total. The SMILES string of the molecule is C[C@@H]1C[C@@H](O)[C@H](C)N2CN1n1cc(C(=O)NCc3c(F)cc(F)cc3F)c(=O)c(O)c1C2=O. The molecule has 3 atom stereocenters. The summed E-state index contributed by atoms with van der Waals surface area (Å²) in [4.78, 5) is 39.6. The third-order valence-electron chi connectivity index (χ3n) is 6.12. The van der Waals surface area contributed by atoms with Gasteiger partial charge in [-0.15, -0.1) is 0 Å². The Labute approximate surface area is 185 Å². The zero-order valence-electron chi connectivity index (χ0n) is 17.7. The molecule has 3 heterocycles. The average Bonchev–Trinajstić information content (AvgIpc) is 2.83. The number of aromatic nitrogens is 1. The van der Waals surface area contributed by atoms with Crippen molar-refractivity contribution < 1.29 is 33.0 Å². The van der Waals surface area contributed by atoms with E-state index < -0.39 is 70.3 Å². The van der Waals surface area contributed by atoms with E-state index in [-0.39, 0.29) is 24.8 Å². The molecule has 0 radical (unpaired) electrons. The van der Waals surface area contributed by atoms with E-state index in [1.54, 1.807) is 18.9 Å². The maximum absolute atomic E-state index is 13.9. The van der Waals surface area contributed by atoms with Crippen LogP contribution in [0.3, 0.4) is 0 Å². The molecular formula is C21H21F3N4O5. The average molecular weight is 466 g/mol. The highest BCUT2D eigenvalue weighted by Crippen LogP contribution is 2.29. The lowest BCUT2D eigenvalue weighted by molar-refractivity contribution is 0.0410. The number of nitrogens with zero attached hydrogens (tertiary/aromatic N) is 3. The van der Waals surface area contributed by atoms with E-state index in [1.807, 2.05) is 0 Å². The maximum Gasteiger partial charge on any atom is 0.278 e. The zero-order valence-corrected chi connectivity index (χ0v) is 17.7. The van der Waals surface area contributed by atoms with E-state index in [0.29, 0.717) is 12.1 Å². The minimum Gasteiger partial charge on any atom is -0.502 e. The van der Waals surface area contributed by atoms with Crippen LogP contribution in [0.1, 0.15) is 46.7 Å². The molecule has 2 bridgehead atoms. The number of carbonyl (C=O) groups excluding carboxylic acids is 2. The number of hydrogen-bond donors (Lipinski definition) is 3. The Hall–Kier alpha value is -3.54. The Morgan fingerprint density at radius 3 is 2.45 bits per heavy atom. The summed E-state index contributed by atoms with van der Waals surface area (Å²) in [6.07, 6.45) is 0.501. The summed E-state index contributed by atoms with van der Waals surface area (Å²) >= 11 is 0. The Morgan fingerprint density at radius 1 is 1.18 bits per heavy atom. The molecule has 0 aliphatic carbocycles. The number of nitrogens with one attached hydrogen (secondary N) is 1. The Morgan fingerprint density at radius 2 is 1.82 bits per heavy atom. The second kappa shape index (κ2) is 8.10. The van der Waals surface area contributed by atoms with Crippen molar-refractivity contribution in [2.75, 3.05) is 11.7 Å². The summed E-state index contributed by atoms with van der Waals surface area (Å²) < 4.78 is 42.0. The number of aliphatic hydroxyl groups is 1. The predicted octanol–water partition coefficient (Wildman–Crippen LogP) is 0.794. The lowest BCUT2D eigenvalue weighted by Crippen LogP contribution is -2.57. The first-order valence-corrected chi connectivity index (χ1v) is 10.2. The van der Waals surface area contributed by atoms with Gasteiger partial charge in [0.15, 0.2) is 11.4 Å². The molecule has 176 valence electrons. The van der Waals surface area contributed by atoms with Gasteiger partial charge in [0.1, 0.15) is 29.7 Å². The smallest absolute Gasteiger partial charge is 0.278 e. The first-order chi connectivity index (χ1) is 15.5. The molecule has 2 aliphatic rings. The molecule has 0 unspecified atom stereocenters. The monoisotopic (exact) mass is 466 g/mol. The predicted molar refractivity (Wildman–Crippen MR) is 109 cm³/mol. The first-order valence-electron chi connectivity index (χ1n) is 10.2. The normalized spacial score (nSPS) is 22.1. The van der Waals surface area contributed by atoms with Crippen LogP contribution < -0.4 is 15.8 Å². The number of amides is 2. The largest absolute Gasteiger partial charge is 0.502 e. The van der Waals surface area contributed by atoms with Gasteiger partial charge in [-0.05, 0) is 20.3 Å². The van der Waals surface area contributed by atoms with Crippen LogP contribution in [-0.4, -0.2) is 56.5 Å². The van der Waals surface area contributed by atoms with Crippen LogP contribution in [0.5, 0.6) is 5.75 Å². The highest BCUT2D eigenvalue weighted by molar-refractivity contribution is 5.99. The van der Waals surface area contributed by atoms with Gasteiger partial charge in [0.2, 0.25) is 5.43 Å². The van der Waals surface area contributed by atoms with Crippen molar-refractivity contribution in [3.63, 3.8) is 0 Å². The van der Waals surface area contributed by atoms with E-state index in [2.05, 4.69) is 5.32 Å². The fourth-order valence-corrected chi connectivity index (χ4v) is 4.12. The molecule has 0 saturated carbocycles. The van der Waals surface area contributed by atoms with Crippen molar-refractivity contribution in [1.82, 2.24) is 14.9 Å². The van der Waals surface area contributed by atoms with Gasteiger partial charge < -0.3 is 20.4 Å². The van der Waals surface area contributed by atoms with Gasteiger partial charge in [-0.25, -0.2) is 13.2 Å². The van der Waals surface area contributed by atoms with Gasteiger partial charge in [0, 0.05) is 36.5 Å². The molecule has 1 aromatic heterocycles. The van der Waals surface area contributed by atoms with Crippen LogP contribution in [0.15, 0.2) is 23.1 Å². The first kappa shape index (κ1) is 22.6. The maximum atomic E-state index is 13.9. The Kier molecular flexibility index (Phi) is 5.56. The molecule has 33 heavy (non-hydrogen) atoms. The van der Waals surface area contributed by atoms with E-state index in [9.17, 15) is 37.8 Å². The molecule has 1 fully saturated rings. The molecule has 2 amide bonds. The van der Waals surface area contributed by atoms with Crippen LogP contribution in [0, 0.1) is 17.5 Å². The lowest BCUT2D eigenvalue weighted by atomic mass is 10.1. The third kappa shape index (κ3) is 3.69. The van der Waals surface area contributed by atoms with E-state index in [4.69, 9.17) is 0 Å². The quantitative estimate of drug-likeness (QED) is 0.617. The number of halogens is 3. The van der Waals surface area contributed by atoms with Crippen molar-refractivity contribution in [2.24, 2.45) is 0 Å². The summed E-state index contributed by atoms with van der Waals surface area (Å²) in [6.45, 7) is 2.78. The van der Waals surface area contributed by atoms with E-state index in [0.717, 1.165) is 6.20 Å². The number of aliphatic hydroxyl groups excluding tert-OH is 1. The van der Waals surface area contributed by atoms with Gasteiger partial charge >= 0.3 is 0 Å². The minimum absolute atomic E-state index is 0.0423. The van der Waals surface area contributed by atoms with Crippen molar-refractivity contribution in [1.29, 1.82) is 0 Å². The zero-order chi connectivity index (χ0) is 24.2. The van der Waals surface area contributed by atoms with Crippen LogP contribution >= 0.6 is 0 Å². The molecule has 2 aliphatic heterocycles. The number of rotatable bonds is 3. The molecular weight excluding hydrogens is 445 g/mol. The highest BCUT2D eigenvalue weighted by atomic mass is 19.1. The Balaban J connectivity index is 1.71. The summed E-state index contributed by atoms with van der Waals surface area (Å²) in [5.74, 6) is -6.26. The van der Waals surface area contributed by atoms with Crippen molar-refractivity contribution in [3.8, 4) is 5.75 Å². The van der Waals surface area contributed by atoms with Crippen LogP contribution in [0.25, 0.3) is 0 Å². The van der Waals surface area contributed by atoms with Crippen LogP contribution in [0.4, 0.5) is 13.2 Å². The molecule has 1 aromatic carbocycles. The number of hydrogen-bond acceptors (Lipinski definition) is 6. The van der Waals surface area contributed by atoms with Crippen LogP contribution in [-0.2, 0) is 6.54 Å². The minimum atomic E-state index is -1.21. The summed E-state index contributed by atoms with van der Waals surface area (Å²) in [7, 11) is 0. The standard InChI is InChI=1S/C21H21F3N4O5/c1-9-3-16(29)10(2)26-8-28(9)27-7-13(18(30)19(31)17(27)21(26)33)20(32)25-6-12-14(23)4-11(22)5-15(12)24/h4-5,7,9-10,16,29,31H,3,6,8H2,1-2H3,(H,25,32)/t9-,10+,16-/m1/s1. The summed E-state index contributed by atoms with van der Waals surface area (Å²) in [6, 6.07) is 0.00577. The number of pyridine rings is 1. The van der Waals surface area contributed by atoms with E-state index >= 15 is 0 Å². The molecule has 4 rings (SSSR count). The topological polar surface area (TPSA) is 115 Å². The molecule has 9 nitrogen and oxygen atoms in total. The molecule has 12 heteroatoms. The molecule has 2 aromatic rings. The van der Waals surface area contributed by atoms with Crippen LogP contribution in [0.2, 0.25) is 0 Å². The summed E-state index contributed by atoms with van der Waals surface area (Å²) in [5, 5.41) is 24.7. The second-order valence-electron chi connectivity index (χ2n) is 8.19. The fraction of sp³-hybridized carbons (Fsp3) is 0.381. The molecule has 0 spiro atoms. The van der Waals surface area contributed by atoms with Crippen molar-refractivity contribution in [3.05, 3.63) is 62.8 Å². The second-order valence-corrected chi connectivity index (χ2v) is 8.19. The fourth-order valence-electron chi connectivity index (χ4n) is 4.12. The number of benzene rings is 1. The number of aromatic hydroxyl groups is 1. The van der Waals surface area contributed by atoms with Gasteiger partial charge in [-0.1, -0.05) is 0 Å². The van der Waals surface area contributed by atoms with Gasteiger partial charge in [0.25, 0.3) is 11.8 Å². The van der Waals surface area contributed by atoms with Crippen molar-refractivity contribution >= 4 is 11.8 Å². The van der Waals surface area contributed by atoms with Gasteiger partial charge in [-0.3, -0.25) is 24.1 Å². The number of carbonyl (C=O) groups is 2. The summed E-state index contributed by atoms with van der Waals surface area (Å²) in [5.41, 5.74) is -2.67. The molecule has 1 saturated heterocycles. The lowest BCUT2D eigenvalue weighted by Gasteiger charge is -2.41. The van der Waals surface area contributed by atoms with Gasteiger partial charge in [0.05, 0.1) is 12.1 Å². The number of fused-ring (bicyclic) bond motifs is 4. The Bertz CT molecular complexity index is 1190. The third-order valence-corrected chi connectivity index (χ3v) is 6.12. The highest BCUT2D eigenvalue weighted by Gasteiger charge is 2.42. The van der Waals surface area contributed by atoms with Crippen molar-refractivity contribution in [2.45, 2.75) is 45.0 Å². The van der Waals surface area contributed by atoms with E-state index in [1.165, 1.54) is 9.58 Å².